The maximum absolute atomic E-state index is 9.31. The fourth-order valence-electron chi connectivity index (χ4n) is 1.63. The fourth-order valence-corrected chi connectivity index (χ4v) is 1.63. The molecule has 0 rings (SSSR count). The Morgan fingerprint density at radius 1 is 1.40 bits per heavy atom. The van der Waals surface area contributed by atoms with Crippen molar-refractivity contribution in [2.24, 2.45) is 0 Å². The summed E-state index contributed by atoms with van der Waals surface area (Å²) in [5.41, 5.74) is -0.105. The van der Waals surface area contributed by atoms with Crippen LogP contribution in [0.25, 0.3) is 0 Å². The molecule has 0 aromatic rings. The number of nitrogens with zero attached hydrogens (tertiary/aromatic N) is 1. The smallest absolute Gasteiger partial charge is 0.0610 e. The average Bonchev–Trinajstić information content (AvgIpc) is 2.18. The van der Waals surface area contributed by atoms with Crippen molar-refractivity contribution >= 4 is 0 Å². The van der Waals surface area contributed by atoms with Gasteiger partial charge in [-0.1, -0.05) is 6.92 Å². The Bertz CT molecular complexity index is 162. The van der Waals surface area contributed by atoms with Crippen molar-refractivity contribution in [3.8, 4) is 0 Å². The molecule has 3 nitrogen and oxygen atoms in total. The van der Waals surface area contributed by atoms with Crippen LogP contribution in [0.15, 0.2) is 0 Å². The Morgan fingerprint density at radius 3 is 2.40 bits per heavy atom. The third-order valence-corrected chi connectivity index (χ3v) is 3.07. The van der Waals surface area contributed by atoms with Crippen LogP contribution in [-0.2, 0) is 0 Å². The van der Waals surface area contributed by atoms with E-state index in [9.17, 15) is 5.11 Å². The average molecular weight is 216 g/mol. The molecule has 0 aromatic carbocycles. The van der Waals surface area contributed by atoms with Gasteiger partial charge in [0.15, 0.2) is 0 Å². The van der Waals surface area contributed by atoms with Crippen molar-refractivity contribution in [3.05, 3.63) is 0 Å². The van der Waals surface area contributed by atoms with Crippen LogP contribution in [0.3, 0.4) is 0 Å². The molecule has 15 heavy (non-hydrogen) atoms. The quantitative estimate of drug-likeness (QED) is 0.645. The molecule has 0 heterocycles. The molecule has 0 radical (unpaired) electrons. The van der Waals surface area contributed by atoms with Gasteiger partial charge in [0.2, 0.25) is 0 Å². The molecular formula is C12H28N2O. The number of rotatable bonds is 8. The van der Waals surface area contributed by atoms with Gasteiger partial charge in [-0.05, 0) is 53.8 Å². The summed E-state index contributed by atoms with van der Waals surface area (Å²) in [6, 6.07) is 0.601. The number of hydrogen-bond donors (Lipinski definition) is 2. The van der Waals surface area contributed by atoms with Gasteiger partial charge in [-0.25, -0.2) is 0 Å². The van der Waals surface area contributed by atoms with Crippen LogP contribution in [0.1, 0.15) is 40.5 Å². The van der Waals surface area contributed by atoms with E-state index in [1.807, 2.05) is 0 Å². The summed E-state index contributed by atoms with van der Waals surface area (Å²) in [4.78, 5) is 2.34. The van der Waals surface area contributed by atoms with E-state index in [2.05, 4.69) is 45.0 Å². The molecule has 0 saturated carbocycles. The molecule has 0 bridgehead atoms. The first kappa shape index (κ1) is 14.9. The first-order valence-corrected chi connectivity index (χ1v) is 6.01. The Balaban J connectivity index is 3.81. The van der Waals surface area contributed by atoms with E-state index in [1.54, 1.807) is 0 Å². The minimum absolute atomic E-state index is 0.105. The molecular weight excluding hydrogens is 188 g/mol. The van der Waals surface area contributed by atoms with E-state index in [4.69, 9.17) is 0 Å². The zero-order valence-electron chi connectivity index (χ0n) is 11.0. The van der Waals surface area contributed by atoms with Gasteiger partial charge >= 0.3 is 0 Å². The van der Waals surface area contributed by atoms with Gasteiger partial charge in [0.05, 0.1) is 6.61 Å². The maximum Gasteiger partial charge on any atom is 0.0610 e. The summed E-state index contributed by atoms with van der Waals surface area (Å²) in [6.45, 7) is 10.8. The van der Waals surface area contributed by atoms with Crippen LogP contribution in [0.4, 0.5) is 0 Å². The predicted octanol–water partition coefficient (Wildman–Crippen LogP) is 1.47. The highest BCUT2D eigenvalue weighted by atomic mass is 16.3. The minimum Gasteiger partial charge on any atom is -0.394 e. The molecule has 2 N–H and O–H groups in total. The van der Waals surface area contributed by atoms with Gasteiger partial charge in [0.1, 0.15) is 0 Å². The van der Waals surface area contributed by atoms with Crippen molar-refractivity contribution in [2.75, 3.05) is 26.7 Å². The van der Waals surface area contributed by atoms with E-state index in [-0.39, 0.29) is 12.1 Å². The lowest BCUT2D eigenvalue weighted by atomic mass is 9.96. The minimum atomic E-state index is -0.105. The van der Waals surface area contributed by atoms with Crippen molar-refractivity contribution in [1.29, 1.82) is 0 Å². The molecule has 92 valence electrons. The molecule has 0 spiro atoms. The van der Waals surface area contributed by atoms with Crippen LogP contribution in [0, 0.1) is 0 Å². The van der Waals surface area contributed by atoms with Gasteiger partial charge in [0.25, 0.3) is 0 Å². The summed E-state index contributed by atoms with van der Waals surface area (Å²) < 4.78 is 0. The Kier molecular flexibility index (Phi) is 7.14. The van der Waals surface area contributed by atoms with Gasteiger partial charge in [-0.3, -0.25) is 0 Å². The standard InChI is InChI=1S/C12H28N2O/c1-6-13-12(4,10-15)8-7-9-14(5)11(2)3/h11,13,15H,6-10H2,1-5H3. The topological polar surface area (TPSA) is 35.5 Å². The zero-order chi connectivity index (χ0) is 11.9. The van der Waals surface area contributed by atoms with E-state index in [0.29, 0.717) is 6.04 Å². The fraction of sp³-hybridized carbons (Fsp3) is 1.00. The van der Waals surface area contributed by atoms with Crippen molar-refractivity contribution < 1.29 is 5.11 Å². The van der Waals surface area contributed by atoms with Gasteiger partial charge in [-0.15, -0.1) is 0 Å². The van der Waals surface area contributed by atoms with Crippen molar-refractivity contribution in [1.82, 2.24) is 10.2 Å². The number of aliphatic hydroxyl groups excluding tert-OH is 1. The maximum atomic E-state index is 9.31. The summed E-state index contributed by atoms with van der Waals surface area (Å²) in [6.07, 6.45) is 2.15. The molecule has 1 unspecified atom stereocenters. The Labute approximate surface area is 94.9 Å². The number of likely N-dealkylation sites (N-methyl/N-ethyl adjacent to an activating group) is 1. The lowest BCUT2D eigenvalue weighted by Gasteiger charge is -2.30. The second kappa shape index (κ2) is 7.20. The van der Waals surface area contributed by atoms with Crippen LogP contribution in [0.5, 0.6) is 0 Å². The normalized spacial score (nSPS) is 16.0. The van der Waals surface area contributed by atoms with Crippen molar-refractivity contribution in [3.63, 3.8) is 0 Å². The number of aliphatic hydroxyl groups is 1. The van der Waals surface area contributed by atoms with Gasteiger partial charge < -0.3 is 15.3 Å². The summed E-state index contributed by atoms with van der Waals surface area (Å²) in [7, 11) is 2.15. The van der Waals surface area contributed by atoms with E-state index >= 15 is 0 Å². The van der Waals surface area contributed by atoms with E-state index in [0.717, 1.165) is 25.9 Å². The van der Waals surface area contributed by atoms with E-state index in [1.165, 1.54) is 0 Å². The lowest BCUT2D eigenvalue weighted by Crippen LogP contribution is -2.46. The lowest BCUT2D eigenvalue weighted by molar-refractivity contribution is 0.158. The highest BCUT2D eigenvalue weighted by Crippen LogP contribution is 2.12. The number of hydrogen-bond acceptors (Lipinski definition) is 3. The summed E-state index contributed by atoms with van der Waals surface area (Å²) in [5.74, 6) is 0. The third-order valence-electron chi connectivity index (χ3n) is 3.07. The zero-order valence-corrected chi connectivity index (χ0v) is 11.0. The van der Waals surface area contributed by atoms with Crippen LogP contribution in [0.2, 0.25) is 0 Å². The second-order valence-electron chi connectivity index (χ2n) is 4.93. The van der Waals surface area contributed by atoms with Gasteiger partial charge in [0, 0.05) is 11.6 Å². The molecule has 0 aliphatic heterocycles. The summed E-state index contributed by atoms with van der Waals surface area (Å²) >= 11 is 0. The molecule has 0 aliphatic carbocycles. The van der Waals surface area contributed by atoms with Gasteiger partial charge in [-0.2, -0.15) is 0 Å². The third kappa shape index (κ3) is 6.13. The molecule has 0 saturated heterocycles. The Hall–Kier alpha value is -0.120. The Morgan fingerprint density at radius 2 is 2.00 bits per heavy atom. The molecule has 1 atom stereocenters. The molecule has 0 aliphatic rings. The molecule has 3 heteroatoms. The first-order valence-electron chi connectivity index (χ1n) is 6.01. The first-order chi connectivity index (χ1) is 6.95. The second-order valence-corrected chi connectivity index (χ2v) is 4.93. The highest BCUT2D eigenvalue weighted by Gasteiger charge is 2.21. The largest absolute Gasteiger partial charge is 0.394 e. The SMILES string of the molecule is CCNC(C)(CO)CCCN(C)C(C)C. The molecule has 0 fully saturated rings. The number of nitrogens with one attached hydrogen (secondary N) is 1. The molecule has 0 aromatic heterocycles. The highest BCUT2D eigenvalue weighted by molar-refractivity contribution is 4.81. The van der Waals surface area contributed by atoms with E-state index < -0.39 is 0 Å². The molecule has 0 amide bonds. The van der Waals surface area contributed by atoms with Crippen LogP contribution in [-0.4, -0.2) is 48.3 Å². The van der Waals surface area contributed by atoms with Crippen molar-refractivity contribution in [2.45, 2.75) is 52.1 Å². The van der Waals surface area contributed by atoms with Crippen LogP contribution >= 0.6 is 0 Å². The predicted molar refractivity (Wildman–Crippen MR) is 66.2 cm³/mol. The summed E-state index contributed by atoms with van der Waals surface area (Å²) in [5, 5.41) is 12.7. The van der Waals surface area contributed by atoms with Crippen LogP contribution < -0.4 is 5.32 Å². The monoisotopic (exact) mass is 216 g/mol.